The molecule has 1 atom stereocenters. The lowest BCUT2D eigenvalue weighted by Gasteiger charge is -2.06. The molecule has 0 amide bonds. The Kier molecular flexibility index (Phi) is 1.85. The fraction of sp³-hybridized carbons (Fsp3) is 0.200. The maximum atomic E-state index is 8.02. The Balaban J connectivity index is 2.46. The van der Waals surface area contributed by atoms with Crippen molar-refractivity contribution in [1.29, 1.82) is 0 Å². The molecule has 1 N–H and O–H groups in total. The lowest BCUT2D eigenvalue weighted by Crippen LogP contribution is -2.14. The Morgan fingerprint density at radius 1 is 1.78 bits per heavy atom. The van der Waals surface area contributed by atoms with Crippen LogP contribution in [0.15, 0.2) is 22.6 Å². The van der Waals surface area contributed by atoms with E-state index in [0.29, 0.717) is 0 Å². The highest BCUT2D eigenvalue weighted by molar-refractivity contribution is 5.87. The molecule has 1 aliphatic rings. The maximum Gasteiger partial charge on any atom is 0.171 e. The van der Waals surface area contributed by atoms with Gasteiger partial charge in [0, 0.05) is 0 Å². The van der Waals surface area contributed by atoms with Crippen molar-refractivity contribution in [1.82, 2.24) is 0 Å². The van der Waals surface area contributed by atoms with Crippen LogP contribution in [0.1, 0.15) is 0 Å². The highest BCUT2D eigenvalue weighted by atomic mass is 16.5. The minimum absolute atomic E-state index is 0.319. The lowest BCUT2D eigenvalue weighted by atomic mass is 10.4. The maximum absolute atomic E-state index is 8.02. The van der Waals surface area contributed by atoms with Crippen LogP contribution in [0.2, 0.25) is 0 Å². The first-order valence-electron chi connectivity index (χ1n) is 2.45. The van der Waals surface area contributed by atoms with E-state index in [-0.39, 0.29) is 6.10 Å². The summed E-state index contributed by atoms with van der Waals surface area (Å²) in [6, 6.07) is 0. The largest absolute Gasteiger partial charge is 0.485 e. The molecular weight excluding hydrogens is 120 g/mol. The smallest absolute Gasteiger partial charge is 0.171 e. The van der Waals surface area contributed by atoms with Crippen LogP contribution in [0, 0.1) is 0 Å². The van der Waals surface area contributed by atoms with Gasteiger partial charge < -0.3 is 9.94 Å². The van der Waals surface area contributed by atoms with Crippen molar-refractivity contribution in [3.05, 3.63) is 12.5 Å². The molecule has 48 valence electrons. The molecule has 0 aliphatic carbocycles. The molecule has 0 radical (unpaired) electrons. The third-order valence-corrected chi connectivity index (χ3v) is 0.829. The van der Waals surface area contributed by atoms with E-state index >= 15 is 0 Å². The third-order valence-electron chi connectivity index (χ3n) is 0.829. The van der Waals surface area contributed by atoms with E-state index in [2.05, 4.69) is 10.1 Å². The van der Waals surface area contributed by atoms with Crippen molar-refractivity contribution < 1.29 is 9.94 Å². The first kappa shape index (κ1) is 5.81. The van der Waals surface area contributed by atoms with Gasteiger partial charge in [-0.2, -0.15) is 0 Å². The van der Waals surface area contributed by atoms with E-state index in [1.807, 2.05) is 0 Å². The molecule has 0 saturated carbocycles. The van der Waals surface area contributed by atoms with Crippen molar-refractivity contribution >= 4 is 12.4 Å². The summed E-state index contributed by atoms with van der Waals surface area (Å²) in [5.41, 5.74) is 0. The molecule has 9 heavy (non-hydrogen) atoms. The van der Waals surface area contributed by atoms with Crippen LogP contribution in [0.3, 0.4) is 0 Å². The molecule has 4 heteroatoms. The average molecular weight is 126 g/mol. The fourth-order valence-corrected chi connectivity index (χ4v) is 0.470. The number of nitrogens with zero attached hydrogens (tertiary/aromatic N) is 2. The summed E-state index contributed by atoms with van der Waals surface area (Å²) in [7, 11) is 0. The zero-order chi connectivity index (χ0) is 6.53. The predicted molar refractivity (Wildman–Crippen MR) is 32.8 cm³/mol. The van der Waals surface area contributed by atoms with E-state index in [4.69, 9.17) is 9.94 Å². The van der Waals surface area contributed by atoms with Crippen LogP contribution in [-0.4, -0.2) is 23.7 Å². The zero-order valence-corrected chi connectivity index (χ0v) is 4.64. The molecule has 0 spiro atoms. The van der Waals surface area contributed by atoms with Gasteiger partial charge in [-0.25, -0.2) is 0 Å². The van der Waals surface area contributed by atoms with Gasteiger partial charge in [-0.05, 0) is 0 Å². The van der Waals surface area contributed by atoms with E-state index in [1.54, 1.807) is 0 Å². The second kappa shape index (κ2) is 2.86. The Morgan fingerprint density at radius 2 is 2.67 bits per heavy atom. The van der Waals surface area contributed by atoms with Crippen LogP contribution in [0.25, 0.3) is 0 Å². The second-order valence-electron chi connectivity index (χ2n) is 1.45. The molecule has 0 aromatic carbocycles. The Labute approximate surface area is 52.2 Å². The molecule has 1 aliphatic heterocycles. The minimum atomic E-state index is -0.319. The van der Waals surface area contributed by atoms with Crippen LogP contribution in [0.5, 0.6) is 0 Å². The standard InChI is InChI=1S/C5H6N2O2/c8-7-4-5-3-6-1-2-9-5/h1-5,8H. The summed E-state index contributed by atoms with van der Waals surface area (Å²) < 4.78 is 4.88. The van der Waals surface area contributed by atoms with Gasteiger partial charge in [0.15, 0.2) is 6.10 Å². The number of rotatable bonds is 1. The summed E-state index contributed by atoms with van der Waals surface area (Å²) >= 11 is 0. The molecule has 0 aromatic heterocycles. The van der Waals surface area contributed by atoms with E-state index in [0.717, 1.165) is 0 Å². The topological polar surface area (TPSA) is 54.2 Å². The lowest BCUT2D eigenvalue weighted by molar-refractivity contribution is 0.251. The summed E-state index contributed by atoms with van der Waals surface area (Å²) in [6.07, 6.45) is 5.40. The third kappa shape index (κ3) is 1.56. The normalized spacial score (nSPS) is 24.7. The first-order valence-corrected chi connectivity index (χ1v) is 2.45. The van der Waals surface area contributed by atoms with E-state index < -0.39 is 0 Å². The van der Waals surface area contributed by atoms with Gasteiger partial charge in [0.2, 0.25) is 0 Å². The van der Waals surface area contributed by atoms with Gasteiger partial charge in [0.1, 0.15) is 6.26 Å². The molecule has 1 rings (SSSR count). The zero-order valence-electron chi connectivity index (χ0n) is 4.64. The van der Waals surface area contributed by atoms with Gasteiger partial charge in [0.05, 0.1) is 18.6 Å². The number of aliphatic imine (C=N–C) groups is 1. The Bertz CT molecular complexity index is 162. The molecular formula is C5H6N2O2. The SMILES string of the molecule is ON=CC1C=NC=CO1. The fourth-order valence-electron chi connectivity index (χ4n) is 0.470. The summed E-state index contributed by atoms with van der Waals surface area (Å²) in [5, 5.41) is 10.8. The summed E-state index contributed by atoms with van der Waals surface area (Å²) in [5.74, 6) is 0. The van der Waals surface area contributed by atoms with E-state index in [9.17, 15) is 0 Å². The average Bonchev–Trinajstić information content (AvgIpc) is 1.91. The van der Waals surface area contributed by atoms with Crippen molar-refractivity contribution in [2.75, 3.05) is 0 Å². The highest BCUT2D eigenvalue weighted by Crippen LogP contribution is 1.92. The Morgan fingerprint density at radius 3 is 3.22 bits per heavy atom. The van der Waals surface area contributed by atoms with Crippen LogP contribution in [0.4, 0.5) is 0 Å². The molecule has 0 saturated heterocycles. The van der Waals surface area contributed by atoms with Crippen LogP contribution in [-0.2, 0) is 4.74 Å². The quantitative estimate of drug-likeness (QED) is 0.314. The van der Waals surface area contributed by atoms with Gasteiger partial charge in [-0.15, -0.1) is 0 Å². The van der Waals surface area contributed by atoms with Gasteiger partial charge in [0.25, 0.3) is 0 Å². The molecule has 0 fully saturated rings. The van der Waals surface area contributed by atoms with Crippen molar-refractivity contribution in [2.24, 2.45) is 10.1 Å². The second-order valence-corrected chi connectivity index (χ2v) is 1.45. The summed E-state index contributed by atoms with van der Waals surface area (Å²) in [4.78, 5) is 3.74. The van der Waals surface area contributed by atoms with Gasteiger partial charge in [-0.1, -0.05) is 5.16 Å². The van der Waals surface area contributed by atoms with Crippen LogP contribution < -0.4 is 0 Å². The molecule has 0 aromatic rings. The van der Waals surface area contributed by atoms with Crippen molar-refractivity contribution in [2.45, 2.75) is 6.10 Å². The van der Waals surface area contributed by atoms with Crippen molar-refractivity contribution in [3.8, 4) is 0 Å². The molecule has 0 bridgehead atoms. The van der Waals surface area contributed by atoms with Gasteiger partial charge in [-0.3, -0.25) is 4.99 Å². The monoisotopic (exact) mass is 126 g/mol. The van der Waals surface area contributed by atoms with Crippen LogP contribution >= 0.6 is 0 Å². The minimum Gasteiger partial charge on any atom is -0.485 e. The molecule has 1 heterocycles. The van der Waals surface area contributed by atoms with E-state index in [1.165, 1.54) is 24.9 Å². The van der Waals surface area contributed by atoms with Crippen molar-refractivity contribution in [3.63, 3.8) is 0 Å². The Hall–Kier alpha value is -1.32. The van der Waals surface area contributed by atoms with Gasteiger partial charge >= 0.3 is 0 Å². The number of oxime groups is 1. The first-order chi connectivity index (χ1) is 4.43. The molecule has 4 nitrogen and oxygen atoms in total. The predicted octanol–water partition coefficient (Wildman–Crippen LogP) is 0.387. The molecule has 1 unspecified atom stereocenters. The summed E-state index contributed by atoms with van der Waals surface area (Å²) in [6.45, 7) is 0. The highest BCUT2D eigenvalue weighted by Gasteiger charge is 2.01. The number of hydrogen-bond donors (Lipinski definition) is 1. The number of ether oxygens (including phenoxy) is 1. The number of hydrogen-bond acceptors (Lipinski definition) is 4.